The zero-order valence-corrected chi connectivity index (χ0v) is 11.0. The SMILES string of the molecule is COC1CCCC1NC(=O)c1cc(F)ccc1[N+](=O)[O-]. The van der Waals surface area contributed by atoms with Crippen LogP contribution in [0.5, 0.6) is 0 Å². The molecule has 1 aromatic rings. The van der Waals surface area contributed by atoms with Crippen molar-refractivity contribution in [3.05, 3.63) is 39.7 Å². The van der Waals surface area contributed by atoms with E-state index in [1.807, 2.05) is 0 Å². The van der Waals surface area contributed by atoms with Gasteiger partial charge in [-0.3, -0.25) is 14.9 Å². The van der Waals surface area contributed by atoms with Crippen LogP contribution >= 0.6 is 0 Å². The normalized spacial score (nSPS) is 21.7. The molecule has 0 saturated heterocycles. The number of carbonyl (C=O) groups is 1. The average Bonchev–Trinajstić information content (AvgIpc) is 2.85. The predicted molar refractivity (Wildman–Crippen MR) is 69.0 cm³/mol. The molecule has 0 aliphatic heterocycles. The molecule has 1 saturated carbocycles. The van der Waals surface area contributed by atoms with Crippen LogP contribution in [-0.2, 0) is 4.74 Å². The van der Waals surface area contributed by atoms with E-state index in [0.29, 0.717) is 0 Å². The standard InChI is InChI=1S/C13H15FN2O4/c1-20-12-4-2-3-10(12)15-13(17)9-7-8(14)5-6-11(9)16(18)19/h5-7,10,12H,2-4H2,1H3,(H,15,17). The van der Waals surface area contributed by atoms with E-state index in [1.165, 1.54) is 0 Å². The molecule has 1 fully saturated rings. The van der Waals surface area contributed by atoms with Gasteiger partial charge in [-0.05, 0) is 31.4 Å². The van der Waals surface area contributed by atoms with Gasteiger partial charge in [-0.2, -0.15) is 0 Å². The monoisotopic (exact) mass is 282 g/mol. The van der Waals surface area contributed by atoms with Gasteiger partial charge < -0.3 is 10.1 Å². The van der Waals surface area contributed by atoms with E-state index in [9.17, 15) is 19.3 Å². The molecule has 1 amide bonds. The van der Waals surface area contributed by atoms with Gasteiger partial charge in [0.05, 0.1) is 17.1 Å². The summed E-state index contributed by atoms with van der Waals surface area (Å²) in [5.74, 6) is -1.33. The Morgan fingerprint density at radius 3 is 2.90 bits per heavy atom. The summed E-state index contributed by atoms with van der Waals surface area (Å²) in [5, 5.41) is 13.6. The van der Waals surface area contributed by atoms with Crippen molar-refractivity contribution in [3.8, 4) is 0 Å². The van der Waals surface area contributed by atoms with E-state index in [2.05, 4.69) is 5.32 Å². The topological polar surface area (TPSA) is 81.5 Å². The van der Waals surface area contributed by atoms with Crippen molar-refractivity contribution in [3.63, 3.8) is 0 Å². The molecule has 6 nitrogen and oxygen atoms in total. The number of halogens is 1. The van der Waals surface area contributed by atoms with E-state index >= 15 is 0 Å². The number of nitrogens with one attached hydrogen (secondary N) is 1. The molecular formula is C13H15FN2O4. The predicted octanol–water partition coefficient (Wildman–Crippen LogP) is 2.03. The number of nitrogens with zero attached hydrogens (tertiary/aromatic N) is 1. The van der Waals surface area contributed by atoms with Gasteiger partial charge in [0.2, 0.25) is 0 Å². The average molecular weight is 282 g/mol. The Morgan fingerprint density at radius 2 is 2.25 bits per heavy atom. The number of methoxy groups -OCH3 is 1. The number of amides is 1. The van der Waals surface area contributed by atoms with Crippen molar-refractivity contribution in [2.24, 2.45) is 0 Å². The van der Waals surface area contributed by atoms with E-state index in [4.69, 9.17) is 4.74 Å². The van der Waals surface area contributed by atoms with E-state index in [-0.39, 0.29) is 17.7 Å². The molecule has 1 aliphatic carbocycles. The van der Waals surface area contributed by atoms with Gasteiger partial charge in [0.1, 0.15) is 11.4 Å². The van der Waals surface area contributed by atoms with Gasteiger partial charge in [-0.25, -0.2) is 4.39 Å². The summed E-state index contributed by atoms with van der Waals surface area (Å²) >= 11 is 0. The molecule has 1 N–H and O–H groups in total. The summed E-state index contributed by atoms with van der Waals surface area (Å²) in [6.45, 7) is 0. The Kier molecular flexibility index (Phi) is 4.29. The molecule has 0 radical (unpaired) electrons. The Balaban J connectivity index is 2.20. The van der Waals surface area contributed by atoms with Crippen LogP contribution in [0.25, 0.3) is 0 Å². The third kappa shape index (κ3) is 2.93. The highest BCUT2D eigenvalue weighted by molar-refractivity contribution is 5.98. The summed E-state index contributed by atoms with van der Waals surface area (Å²) in [7, 11) is 1.56. The zero-order chi connectivity index (χ0) is 14.7. The number of hydrogen-bond donors (Lipinski definition) is 1. The fourth-order valence-electron chi connectivity index (χ4n) is 2.47. The Labute approximate surface area is 115 Å². The lowest BCUT2D eigenvalue weighted by Gasteiger charge is -2.19. The summed E-state index contributed by atoms with van der Waals surface area (Å²) in [5.41, 5.74) is -0.674. The maximum Gasteiger partial charge on any atom is 0.282 e. The van der Waals surface area contributed by atoms with E-state index < -0.39 is 22.3 Å². The molecule has 20 heavy (non-hydrogen) atoms. The van der Waals surface area contributed by atoms with Crippen LogP contribution in [0, 0.1) is 15.9 Å². The Morgan fingerprint density at radius 1 is 1.50 bits per heavy atom. The van der Waals surface area contributed by atoms with Gasteiger partial charge in [-0.15, -0.1) is 0 Å². The molecule has 0 heterocycles. The maximum atomic E-state index is 13.2. The summed E-state index contributed by atoms with van der Waals surface area (Å²) in [6.07, 6.45) is 2.38. The number of benzene rings is 1. The summed E-state index contributed by atoms with van der Waals surface area (Å²) in [4.78, 5) is 22.3. The second-order valence-electron chi connectivity index (χ2n) is 4.70. The van der Waals surface area contributed by atoms with Crippen LogP contribution in [0.4, 0.5) is 10.1 Å². The smallest absolute Gasteiger partial charge is 0.282 e. The number of carbonyl (C=O) groups excluding carboxylic acids is 1. The van der Waals surface area contributed by atoms with Crippen LogP contribution in [0.1, 0.15) is 29.6 Å². The molecule has 0 aromatic heterocycles. The first-order chi connectivity index (χ1) is 9.52. The third-order valence-electron chi connectivity index (χ3n) is 3.47. The molecule has 1 aliphatic rings. The molecule has 1 aromatic carbocycles. The van der Waals surface area contributed by atoms with Crippen LogP contribution < -0.4 is 5.32 Å². The van der Waals surface area contributed by atoms with Crippen LogP contribution in [0.3, 0.4) is 0 Å². The van der Waals surface area contributed by atoms with Crippen LogP contribution in [0.2, 0.25) is 0 Å². The second-order valence-corrected chi connectivity index (χ2v) is 4.70. The van der Waals surface area contributed by atoms with Gasteiger partial charge in [0, 0.05) is 13.2 Å². The summed E-state index contributed by atoms with van der Waals surface area (Å²) in [6, 6.07) is 2.63. The lowest BCUT2D eigenvalue weighted by atomic mass is 10.1. The Bertz CT molecular complexity index is 535. The van der Waals surface area contributed by atoms with Crippen molar-refractivity contribution < 1.29 is 18.8 Å². The molecule has 108 valence electrons. The highest BCUT2D eigenvalue weighted by Crippen LogP contribution is 2.24. The van der Waals surface area contributed by atoms with Crippen molar-refractivity contribution in [2.75, 3.05) is 7.11 Å². The lowest BCUT2D eigenvalue weighted by Crippen LogP contribution is -2.40. The van der Waals surface area contributed by atoms with Gasteiger partial charge in [0.25, 0.3) is 11.6 Å². The minimum Gasteiger partial charge on any atom is -0.379 e. The molecule has 2 rings (SSSR count). The first-order valence-corrected chi connectivity index (χ1v) is 6.30. The largest absolute Gasteiger partial charge is 0.379 e. The molecule has 0 spiro atoms. The quantitative estimate of drug-likeness (QED) is 0.676. The first kappa shape index (κ1) is 14.4. The minimum atomic E-state index is -0.698. The highest BCUT2D eigenvalue weighted by atomic mass is 19.1. The molecule has 7 heteroatoms. The van der Waals surface area contributed by atoms with Crippen LogP contribution in [0.15, 0.2) is 18.2 Å². The van der Waals surface area contributed by atoms with E-state index in [0.717, 1.165) is 37.5 Å². The zero-order valence-electron chi connectivity index (χ0n) is 11.0. The fraction of sp³-hybridized carbons (Fsp3) is 0.462. The fourth-order valence-corrected chi connectivity index (χ4v) is 2.47. The number of rotatable bonds is 4. The number of nitro benzene ring substituents is 1. The van der Waals surface area contributed by atoms with Crippen molar-refractivity contribution in [1.82, 2.24) is 5.32 Å². The molecule has 2 unspecified atom stereocenters. The summed E-state index contributed by atoms with van der Waals surface area (Å²) < 4.78 is 18.4. The third-order valence-corrected chi connectivity index (χ3v) is 3.47. The molecular weight excluding hydrogens is 267 g/mol. The second kappa shape index (κ2) is 5.96. The number of nitro groups is 1. The highest BCUT2D eigenvalue weighted by Gasteiger charge is 2.30. The van der Waals surface area contributed by atoms with Crippen molar-refractivity contribution in [2.45, 2.75) is 31.4 Å². The molecule has 2 atom stereocenters. The lowest BCUT2D eigenvalue weighted by molar-refractivity contribution is -0.385. The van der Waals surface area contributed by atoms with Gasteiger partial charge >= 0.3 is 0 Å². The van der Waals surface area contributed by atoms with E-state index in [1.54, 1.807) is 7.11 Å². The number of hydrogen-bond acceptors (Lipinski definition) is 4. The first-order valence-electron chi connectivity index (χ1n) is 6.30. The van der Waals surface area contributed by atoms with Crippen molar-refractivity contribution >= 4 is 11.6 Å². The van der Waals surface area contributed by atoms with Crippen molar-refractivity contribution in [1.29, 1.82) is 0 Å². The maximum absolute atomic E-state index is 13.2. The van der Waals surface area contributed by atoms with Gasteiger partial charge in [0.15, 0.2) is 0 Å². The van der Waals surface area contributed by atoms with Gasteiger partial charge in [-0.1, -0.05) is 0 Å². The number of ether oxygens (including phenoxy) is 1. The Hall–Kier alpha value is -2.02. The minimum absolute atomic E-state index is 0.105. The van der Waals surface area contributed by atoms with Crippen LogP contribution in [-0.4, -0.2) is 30.1 Å². The molecule has 0 bridgehead atoms.